The summed E-state index contributed by atoms with van der Waals surface area (Å²) in [4.78, 5) is 0. The Labute approximate surface area is 105 Å². The van der Waals surface area contributed by atoms with Gasteiger partial charge in [-0.1, -0.05) is 12.5 Å². The largest absolute Gasteiger partial charge is 0.391 e. The molecule has 0 spiro atoms. The Kier molecular flexibility index (Phi) is 4.86. The highest BCUT2D eigenvalue weighted by atomic mass is 35.5. The van der Waals surface area contributed by atoms with Gasteiger partial charge in [0.05, 0.1) is 12.1 Å². The predicted octanol–water partition coefficient (Wildman–Crippen LogP) is 2.55. The zero-order valence-electron chi connectivity index (χ0n) is 9.27. The Balaban J connectivity index is 0.00000144. The van der Waals surface area contributed by atoms with Crippen LogP contribution in [0, 0.1) is 17.6 Å². The van der Waals surface area contributed by atoms with Gasteiger partial charge in [0.1, 0.15) is 11.6 Å². The number of rotatable bonds is 3. The van der Waals surface area contributed by atoms with E-state index in [1.807, 2.05) is 0 Å². The van der Waals surface area contributed by atoms with Gasteiger partial charge in [0.15, 0.2) is 0 Å². The van der Waals surface area contributed by atoms with Gasteiger partial charge in [0, 0.05) is 11.6 Å². The molecule has 1 saturated carbocycles. The number of aliphatic hydroxyl groups is 1. The molecule has 0 aliphatic heterocycles. The van der Waals surface area contributed by atoms with E-state index >= 15 is 0 Å². The molecule has 0 heterocycles. The van der Waals surface area contributed by atoms with Crippen molar-refractivity contribution in [2.45, 2.75) is 31.4 Å². The molecule has 0 radical (unpaired) electrons. The van der Waals surface area contributed by atoms with Gasteiger partial charge in [-0.05, 0) is 24.8 Å². The Morgan fingerprint density at radius 3 is 2.41 bits per heavy atom. The molecule has 0 saturated heterocycles. The van der Waals surface area contributed by atoms with Gasteiger partial charge in [0.25, 0.3) is 0 Å². The quantitative estimate of drug-likeness (QED) is 0.880. The Hall–Kier alpha value is -0.710. The molecule has 2 atom stereocenters. The molecule has 2 nitrogen and oxygen atoms in total. The minimum atomic E-state index is -0.772. The summed E-state index contributed by atoms with van der Waals surface area (Å²) in [5.74, 6) is -1.17. The summed E-state index contributed by atoms with van der Waals surface area (Å²) in [6.07, 6.45) is 2.20. The molecule has 17 heavy (non-hydrogen) atoms. The number of nitrogens with two attached hydrogens (primary N) is 1. The maximum absolute atomic E-state index is 13.4. The molecule has 0 aromatic heterocycles. The van der Waals surface area contributed by atoms with Gasteiger partial charge in [-0.2, -0.15) is 0 Å². The summed E-state index contributed by atoms with van der Waals surface area (Å²) in [5.41, 5.74) is 5.97. The average molecular weight is 264 g/mol. The van der Waals surface area contributed by atoms with E-state index in [9.17, 15) is 13.9 Å². The first-order chi connectivity index (χ1) is 7.59. The van der Waals surface area contributed by atoms with Gasteiger partial charge in [-0.15, -0.1) is 12.4 Å². The van der Waals surface area contributed by atoms with Crippen LogP contribution in [0.4, 0.5) is 8.78 Å². The van der Waals surface area contributed by atoms with Crippen molar-refractivity contribution in [3.63, 3.8) is 0 Å². The Morgan fingerprint density at radius 1 is 1.29 bits per heavy atom. The highest BCUT2D eigenvalue weighted by molar-refractivity contribution is 5.85. The van der Waals surface area contributed by atoms with Crippen LogP contribution in [0.15, 0.2) is 18.2 Å². The van der Waals surface area contributed by atoms with Crippen molar-refractivity contribution < 1.29 is 13.9 Å². The molecule has 1 aliphatic rings. The number of aliphatic hydroxyl groups excluding tert-OH is 1. The van der Waals surface area contributed by atoms with Crippen LogP contribution >= 0.6 is 12.4 Å². The van der Waals surface area contributed by atoms with E-state index in [-0.39, 0.29) is 23.9 Å². The Morgan fingerprint density at radius 2 is 1.94 bits per heavy atom. The maximum Gasteiger partial charge on any atom is 0.130 e. The van der Waals surface area contributed by atoms with Crippen molar-refractivity contribution in [2.75, 3.05) is 0 Å². The minimum Gasteiger partial charge on any atom is -0.391 e. The molecule has 2 rings (SSSR count). The van der Waals surface area contributed by atoms with Crippen molar-refractivity contribution in [3.05, 3.63) is 35.4 Å². The summed E-state index contributed by atoms with van der Waals surface area (Å²) in [6, 6.07) is 2.48. The van der Waals surface area contributed by atoms with Crippen LogP contribution in [0.5, 0.6) is 0 Å². The van der Waals surface area contributed by atoms with Gasteiger partial charge in [-0.25, -0.2) is 8.78 Å². The summed E-state index contributed by atoms with van der Waals surface area (Å²) in [5, 5.41) is 9.90. The van der Waals surface area contributed by atoms with Crippen LogP contribution in [0.25, 0.3) is 0 Å². The topological polar surface area (TPSA) is 46.2 Å². The first kappa shape index (κ1) is 14.4. The Bertz CT molecular complexity index is 385. The zero-order valence-corrected chi connectivity index (χ0v) is 10.1. The molecule has 0 amide bonds. The molecular weight excluding hydrogens is 248 g/mol. The first-order valence-corrected chi connectivity index (χ1v) is 5.48. The smallest absolute Gasteiger partial charge is 0.130 e. The third-order valence-corrected chi connectivity index (χ3v) is 3.32. The predicted molar refractivity (Wildman–Crippen MR) is 63.9 cm³/mol. The van der Waals surface area contributed by atoms with Crippen molar-refractivity contribution in [1.82, 2.24) is 0 Å². The second-order valence-electron chi connectivity index (χ2n) is 4.37. The molecule has 1 aromatic rings. The van der Waals surface area contributed by atoms with Gasteiger partial charge in [-0.3, -0.25) is 0 Å². The lowest BCUT2D eigenvalue weighted by atomic mass is 9.77. The van der Waals surface area contributed by atoms with Crippen LogP contribution < -0.4 is 5.73 Å². The van der Waals surface area contributed by atoms with Gasteiger partial charge >= 0.3 is 0 Å². The second-order valence-corrected chi connectivity index (χ2v) is 4.37. The number of benzene rings is 1. The third kappa shape index (κ3) is 2.94. The number of halogens is 3. The summed E-state index contributed by atoms with van der Waals surface area (Å²) >= 11 is 0. The molecule has 1 aliphatic carbocycles. The van der Waals surface area contributed by atoms with Crippen LogP contribution in [-0.4, -0.2) is 11.2 Å². The maximum atomic E-state index is 13.4. The zero-order chi connectivity index (χ0) is 11.7. The summed E-state index contributed by atoms with van der Waals surface area (Å²) in [6.45, 7) is 0. The van der Waals surface area contributed by atoms with Crippen molar-refractivity contribution in [2.24, 2.45) is 11.7 Å². The highest BCUT2D eigenvalue weighted by Crippen LogP contribution is 2.34. The normalized spacial score (nSPS) is 19.1. The first-order valence-electron chi connectivity index (χ1n) is 5.48. The van der Waals surface area contributed by atoms with E-state index in [1.54, 1.807) is 0 Å². The average Bonchev–Trinajstić information content (AvgIpc) is 2.14. The fourth-order valence-electron chi connectivity index (χ4n) is 2.03. The van der Waals surface area contributed by atoms with E-state index in [4.69, 9.17) is 5.73 Å². The van der Waals surface area contributed by atoms with Crippen LogP contribution in [0.1, 0.15) is 30.9 Å². The van der Waals surface area contributed by atoms with Crippen LogP contribution in [0.3, 0.4) is 0 Å². The molecule has 1 aromatic carbocycles. The van der Waals surface area contributed by atoms with E-state index in [2.05, 4.69) is 0 Å². The van der Waals surface area contributed by atoms with Crippen LogP contribution in [-0.2, 0) is 0 Å². The molecular formula is C12H16ClF2NO. The molecule has 1 fully saturated rings. The van der Waals surface area contributed by atoms with Gasteiger partial charge in [0.2, 0.25) is 0 Å². The van der Waals surface area contributed by atoms with E-state index in [1.165, 1.54) is 6.07 Å². The summed E-state index contributed by atoms with van der Waals surface area (Å²) < 4.78 is 26.1. The van der Waals surface area contributed by atoms with Gasteiger partial charge < -0.3 is 10.8 Å². The number of hydrogen-bond donors (Lipinski definition) is 2. The lowest BCUT2D eigenvalue weighted by Gasteiger charge is -2.33. The minimum absolute atomic E-state index is 0. The van der Waals surface area contributed by atoms with Crippen molar-refractivity contribution in [3.8, 4) is 0 Å². The van der Waals surface area contributed by atoms with Crippen molar-refractivity contribution >= 4 is 12.4 Å². The fourth-order valence-corrected chi connectivity index (χ4v) is 2.03. The molecule has 96 valence electrons. The standard InChI is InChI=1S/C12H15F2NO.ClH/c13-8-4-5-9(10(14)6-8)11(15)12(16)7-2-1-3-7;/h4-7,11-12,16H,1-3,15H2;1H/t11-,12+;/m1./s1. The number of hydrogen-bond acceptors (Lipinski definition) is 2. The summed E-state index contributed by atoms with van der Waals surface area (Å²) in [7, 11) is 0. The SMILES string of the molecule is Cl.N[C@H](c1ccc(F)cc1F)[C@@H](O)C1CCC1. The monoisotopic (exact) mass is 263 g/mol. The highest BCUT2D eigenvalue weighted by Gasteiger charge is 2.31. The molecule has 0 bridgehead atoms. The lowest BCUT2D eigenvalue weighted by Crippen LogP contribution is -2.36. The molecule has 3 N–H and O–H groups in total. The lowest BCUT2D eigenvalue weighted by molar-refractivity contribution is 0.0404. The van der Waals surface area contributed by atoms with E-state index in [0.29, 0.717) is 0 Å². The second kappa shape index (κ2) is 5.76. The van der Waals surface area contributed by atoms with Crippen molar-refractivity contribution in [1.29, 1.82) is 0 Å². The third-order valence-electron chi connectivity index (χ3n) is 3.32. The molecule has 5 heteroatoms. The van der Waals surface area contributed by atoms with E-state index in [0.717, 1.165) is 31.4 Å². The van der Waals surface area contributed by atoms with E-state index < -0.39 is 23.8 Å². The molecule has 0 unspecified atom stereocenters. The fraction of sp³-hybridized carbons (Fsp3) is 0.500. The van der Waals surface area contributed by atoms with Crippen LogP contribution in [0.2, 0.25) is 0 Å².